The molecule has 1 unspecified atom stereocenters. The Hall–Kier alpha value is -2.10. The maximum absolute atomic E-state index is 12.0. The Morgan fingerprint density at radius 1 is 1.52 bits per heavy atom. The Kier molecular flexibility index (Phi) is 5.14. The molecule has 21 heavy (non-hydrogen) atoms. The number of hydrogen-bond donors (Lipinski definition) is 2. The van der Waals surface area contributed by atoms with Crippen LogP contribution >= 0.6 is 0 Å². The molecule has 1 aromatic carbocycles. The van der Waals surface area contributed by atoms with Crippen LogP contribution in [0.15, 0.2) is 18.2 Å². The van der Waals surface area contributed by atoms with Gasteiger partial charge < -0.3 is 20.3 Å². The second-order valence-corrected chi connectivity index (χ2v) is 4.89. The molecule has 2 rings (SSSR count). The monoisotopic (exact) mass is 288 g/mol. The van der Waals surface area contributed by atoms with Gasteiger partial charge in [0.1, 0.15) is 12.1 Å². The zero-order chi connectivity index (χ0) is 15.2. The van der Waals surface area contributed by atoms with Gasteiger partial charge in [0.25, 0.3) is 0 Å². The number of rotatable bonds is 4. The van der Waals surface area contributed by atoms with E-state index < -0.39 is 6.04 Å². The second-order valence-electron chi connectivity index (χ2n) is 4.89. The van der Waals surface area contributed by atoms with E-state index in [-0.39, 0.29) is 5.91 Å². The molecule has 0 bridgehead atoms. The maximum Gasteiger partial charge on any atom is 0.244 e. The van der Waals surface area contributed by atoms with E-state index in [2.05, 4.69) is 16.7 Å². The number of nitrogens with zero attached hydrogens (tertiary/aromatic N) is 2. The van der Waals surface area contributed by atoms with Gasteiger partial charge in [-0.3, -0.25) is 4.79 Å². The average Bonchev–Trinajstić information content (AvgIpc) is 2.54. The van der Waals surface area contributed by atoms with Crippen LogP contribution in [0.5, 0.6) is 0 Å². The number of amides is 1. The molecule has 0 aliphatic carbocycles. The van der Waals surface area contributed by atoms with Crippen LogP contribution in [0.1, 0.15) is 11.1 Å². The van der Waals surface area contributed by atoms with Crippen molar-refractivity contribution in [1.82, 2.24) is 10.6 Å². The maximum atomic E-state index is 12.0. The summed E-state index contributed by atoms with van der Waals surface area (Å²) < 4.78 is 5.40. The van der Waals surface area contributed by atoms with Crippen LogP contribution in [0, 0.1) is 11.3 Å². The van der Waals surface area contributed by atoms with Gasteiger partial charge in [-0.1, -0.05) is 6.07 Å². The minimum Gasteiger partial charge on any atom is -0.377 e. The summed E-state index contributed by atoms with van der Waals surface area (Å²) in [5.41, 5.74) is 2.41. The molecule has 1 aromatic rings. The van der Waals surface area contributed by atoms with Gasteiger partial charge in [-0.2, -0.15) is 5.26 Å². The zero-order valence-corrected chi connectivity index (χ0v) is 12.3. The van der Waals surface area contributed by atoms with Gasteiger partial charge in [-0.05, 0) is 24.7 Å². The molecule has 6 nitrogen and oxygen atoms in total. The van der Waals surface area contributed by atoms with Crippen LogP contribution in [0.25, 0.3) is 0 Å². The number of ether oxygens (including phenoxy) is 1. The summed E-state index contributed by atoms with van der Waals surface area (Å²) in [4.78, 5) is 13.9. The lowest BCUT2D eigenvalue weighted by Crippen LogP contribution is -2.53. The van der Waals surface area contributed by atoms with Crippen LogP contribution in [-0.4, -0.2) is 45.8 Å². The van der Waals surface area contributed by atoms with Crippen molar-refractivity contribution in [2.75, 3.05) is 38.8 Å². The number of anilines is 1. The molecule has 0 radical (unpaired) electrons. The number of carbonyl (C=O) groups is 1. The first-order valence-corrected chi connectivity index (χ1v) is 6.95. The Labute approximate surface area is 124 Å². The van der Waals surface area contributed by atoms with Crippen LogP contribution in [-0.2, 0) is 16.1 Å². The molecular weight excluding hydrogens is 268 g/mol. The van der Waals surface area contributed by atoms with E-state index in [1.165, 1.54) is 0 Å². The minimum absolute atomic E-state index is 0.0992. The van der Waals surface area contributed by atoms with Crippen molar-refractivity contribution in [2.24, 2.45) is 0 Å². The standard InChI is InChI=1S/C15H20N4O2/c1-17-9-11-3-4-13(12(7-11)8-16)19-5-6-21-10-14(19)15(20)18-2/h3-4,7,14,17H,5-6,9-10H2,1-2H3,(H,18,20). The smallest absolute Gasteiger partial charge is 0.244 e. The number of benzene rings is 1. The van der Waals surface area contributed by atoms with Gasteiger partial charge in [-0.25, -0.2) is 0 Å². The van der Waals surface area contributed by atoms with E-state index in [1.807, 2.05) is 30.1 Å². The Balaban J connectivity index is 2.34. The summed E-state index contributed by atoms with van der Waals surface area (Å²) in [6.45, 7) is 2.19. The van der Waals surface area contributed by atoms with Crippen LogP contribution in [0.2, 0.25) is 0 Å². The van der Waals surface area contributed by atoms with Crippen molar-refractivity contribution in [3.63, 3.8) is 0 Å². The molecule has 6 heteroatoms. The van der Waals surface area contributed by atoms with Crippen molar-refractivity contribution in [2.45, 2.75) is 12.6 Å². The van der Waals surface area contributed by atoms with Gasteiger partial charge in [0.15, 0.2) is 0 Å². The van der Waals surface area contributed by atoms with Crippen LogP contribution < -0.4 is 15.5 Å². The lowest BCUT2D eigenvalue weighted by molar-refractivity contribution is -0.124. The number of carbonyl (C=O) groups excluding carboxylic acids is 1. The first-order chi connectivity index (χ1) is 10.2. The van der Waals surface area contributed by atoms with Crippen molar-refractivity contribution in [3.05, 3.63) is 29.3 Å². The van der Waals surface area contributed by atoms with Crippen molar-refractivity contribution in [3.8, 4) is 6.07 Å². The van der Waals surface area contributed by atoms with Crippen LogP contribution in [0.4, 0.5) is 5.69 Å². The largest absolute Gasteiger partial charge is 0.377 e. The SMILES string of the molecule is CNCc1ccc(N2CCOCC2C(=O)NC)c(C#N)c1. The number of likely N-dealkylation sites (N-methyl/N-ethyl adjacent to an activating group) is 1. The van der Waals surface area contributed by atoms with Gasteiger partial charge in [0.2, 0.25) is 5.91 Å². The molecule has 2 N–H and O–H groups in total. The van der Waals surface area contributed by atoms with E-state index in [0.717, 1.165) is 11.3 Å². The third-order valence-electron chi connectivity index (χ3n) is 3.55. The first kappa shape index (κ1) is 15.3. The number of hydrogen-bond acceptors (Lipinski definition) is 5. The van der Waals surface area contributed by atoms with E-state index in [1.54, 1.807) is 7.05 Å². The highest BCUT2D eigenvalue weighted by Crippen LogP contribution is 2.25. The minimum atomic E-state index is -0.397. The molecule has 1 amide bonds. The lowest BCUT2D eigenvalue weighted by atomic mass is 10.1. The van der Waals surface area contributed by atoms with Gasteiger partial charge >= 0.3 is 0 Å². The highest BCUT2D eigenvalue weighted by atomic mass is 16.5. The molecule has 0 spiro atoms. The summed E-state index contributed by atoms with van der Waals surface area (Å²) in [5.74, 6) is -0.0992. The Morgan fingerprint density at radius 2 is 2.33 bits per heavy atom. The van der Waals surface area contributed by atoms with Crippen molar-refractivity contribution < 1.29 is 9.53 Å². The zero-order valence-electron chi connectivity index (χ0n) is 12.3. The van der Waals surface area contributed by atoms with Crippen molar-refractivity contribution >= 4 is 11.6 Å². The van der Waals surface area contributed by atoms with E-state index in [4.69, 9.17) is 4.74 Å². The van der Waals surface area contributed by atoms with E-state index in [9.17, 15) is 10.1 Å². The predicted octanol–water partition coefficient (Wildman–Crippen LogP) is 0.229. The predicted molar refractivity (Wildman–Crippen MR) is 79.9 cm³/mol. The molecule has 1 saturated heterocycles. The lowest BCUT2D eigenvalue weighted by Gasteiger charge is -2.36. The fourth-order valence-corrected chi connectivity index (χ4v) is 2.51. The number of nitriles is 1. The molecular formula is C15H20N4O2. The number of nitrogens with one attached hydrogen (secondary N) is 2. The summed E-state index contributed by atoms with van der Waals surface area (Å²) in [5, 5.41) is 15.1. The van der Waals surface area contributed by atoms with Crippen molar-refractivity contribution in [1.29, 1.82) is 5.26 Å². The second kappa shape index (κ2) is 7.07. The average molecular weight is 288 g/mol. The van der Waals surface area contributed by atoms with Gasteiger partial charge in [-0.15, -0.1) is 0 Å². The quantitative estimate of drug-likeness (QED) is 0.829. The molecule has 0 aromatic heterocycles. The third-order valence-corrected chi connectivity index (χ3v) is 3.55. The fraction of sp³-hybridized carbons (Fsp3) is 0.467. The third kappa shape index (κ3) is 3.32. The van der Waals surface area contributed by atoms with Gasteiger partial charge in [0.05, 0.1) is 24.5 Å². The first-order valence-electron chi connectivity index (χ1n) is 6.95. The highest BCUT2D eigenvalue weighted by molar-refractivity contribution is 5.86. The van der Waals surface area contributed by atoms with Crippen LogP contribution in [0.3, 0.4) is 0 Å². The van der Waals surface area contributed by atoms with Gasteiger partial charge in [0, 0.05) is 20.1 Å². The Bertz CT molecular complexity index is 553. The summed E-state index contributed by atoms with van der Waals surface area (Å²) in [7, 11) is 3.47. The summed E-state index contributed by atoms with van der Waals surface area (Å²) >= 11 is 0. The topological polar surface area (TPSA) is 77.4 Å². The Morgan fingerprint density at radius 3 is 3.00 bits per heavy atom. The molecule has 1 aliphatic heterocycles. The van der Waals surface area contributed by atoms with E-state index >= 15 is 0 Å². The molecule has 1 heterocycles. The summed E-state index contributed by atoms with van der Waals surface area (Å²) in [6.07, 6.45) is 0. The molecule has 1 fully saturated rings. The normalized spacial score (nSPS) is 18.1. The molecule has 1 atom stereocenters. The molecule has 112 valence electrons. The van der Waals surface area contributed by atoms with E-state index in [0.29, 0.717) is 31.9 Å². The highest BCUT2D eigenvalue weighted by Gasteiger charge is 2.30. The molecule has 0 saturated carbocycles. The number of morpholine rings is 1. The fourth-order valence-electron chi connectivity index (χ4n) is 2.51. The summed E-state index contributed by atoms with van der Waals surface area (Å²) in [6, 6.07) is 7.58. The molecule has 1 aliphatic rings.